The molecule has 84 valence electrons. The van der Waals surface area contributed by atoms with Crippen LogP contribution in [0.25, 0.3) is 0 Å². The molecule has 1 aromatic rings. The Morgan fingerprint density at radius 2 is 2.00 bits per heavy atom. The average molecular weight is 274 g/mol. The van der Waals surface area contributed by atoms with Gasteiger partial charge in [0.15, 0.2) is 11.5 Å². The van der Waals surface area contributed by atoms with Crippen LogP contribution >= 0.6 is 15.9 Å². The second-order valence-electron chi connectivity index (χ2n) is 4.13. The molecule has 0 bridgehead atoms. The number of phenols is 1. The van der Waals surface area contributed by atoms with Gasteiger partial charge in [-0.25, -0.2) is 0 Å². The van der Waals surface area contributed by atoms with Crippen molar-refractivity contribution in [2.75, 3.05) is 7.11 Å². The summed E-state index contributed by atoms with van der Waals surface area (Å²) >= 11 is 3.42. The van der Waals surface area contributed by atoms with Crippen LogP contribution in [0.2, 0.25) is 0 Å². The molecule has 0 heterocycles. The van der Waals surface area contributed by atoms with Crippen molar-refractivity contribution in [3.63, 3.8) is 0 Å². The van der Waals surface area contributed by atoms with Gasteiger partial charge in [-0.2, -0.15) is 0 Å². The lowest BCUT2D eigenvalue weighted by Crippen LogP contribution is -2.28. The van der Waals surface area contributed by atoms with Gasteiger partial charge in [0.05, 0.1) is 7.11 Å². The number of benzene rings is 1. The molecule has 15 heavy (non-hydrogen) atoms. The van der Waals surface area contributed by atoms with Crippen LogP contribution in [0.3, 0.4) is 0 Å². The Morgan fingerprint density at radius 1 is 1.47 bits per heavy atom. The van der Waals surface area contributed by atoms with Crippen LogP contribution in [0.5, 0.6) is 11.5 Å². The summed E-state index contributed by atoms with van der Waals surface area (Å²) in [6, 6.07) is 1.83. The molecule has 1 aromatic carbocycles. The molecule has 0 aromatic heterocycles. The normalized spacial score (nSPS) is 11.6. The van der Waals surface area contributed by atoms with E-state index in [1.165, 1.54) is 7.11 Å². The predicted molar refractivity (Wildman–Crippen MR) is 64.3 cm³/mol. The first-order valence-electron chi connectivity index (χ1n) is 4.64. The summed E-state index contributed by atoms with van der Waals surface area (Å²) in [5.74, 6) is 0.587. The highest BCUT2D eigenvalue weighted by atomic mass is 79.9. The van der Waals surface area contributed by atoms with Crippen molar-refractivity contribution in [1.82, 2.24) is 0 Å². The summed E-state index contributed by atoms with van der Waals surface area (Å²) in [6.07, 6.45) is 0. The number of hydrogen-bond donors (Lipinski definition) is 2. The molecule has 0 amide bonds. The molecule has 3 N–H and O–H groups in total. The van der Waals surface area contributed by atoms with Gasteiger partial charge in [0.25, 0.3) is 0 Å². The third-order valence-corrected chi connectivity index (χ3v) is 3.16. The zero-order valence-electron chi connectivity index (χ0n) is 9.39. The molecular formula is C11H16BrNO2. The Morgan fingerprint density at radius 3 is 2.40 bits per heavy atom. The molecule has 3 nitrogen and oxygen atoms in total. The zero-order chi connectivity index (χ0) is 11.8. The van der Waals surface area contributed by atoms with Crippen LogP contribution in [0.15, 0.2) is 10.5 Å². The Kier molecular flexibility index (Phi) is 3.31. The lowest BCUT2D eigenvalue weighted by atomic mass is 9.93. The van der Waals surface area contributed by atoms with Crippen LogP contribution in [0.4, 0.5) is 0 Å². The highest BCUT2D eigenvalue weighted by Gasteiger charge is 2.23. The fourth-order valence-electron chi connectivity index (χ4n) is 1.45. The van der Waals surface area contributed by atoms with Gasteiger partial charge in [0.1, 0.15) is 0 Å². The predicted octanol–water partition coefficient (Wildman–Crippen LogP) is 2.67. The number of ether oxygens (including phenoxy) is 1. The monoisotopic (exact) mass is 273 g/mol. The van der Waals surface area contributed by atoms with Crippen molar-refractivity contribution >= 4 is 15.9 Å². The molecule has 0 saturated carbocycles. The first-order chi connectivity index (χ1) is 6.79. The molecule has 0 spiro atoms. The molecule has 1 rings (SSSR count). The van der Waals surface area contributed by atoms with Crippen molar-refractivity contribution in [2.24, 2.45) is 5.73 Å². The SMILES string of the molecule is COc1c(C)c(Br)cc(C(C)(C)N)c1O. The molecule has 0 aliphatic carbocycles. The van der Waals surface area contributed by atoms with Crippen molar-refractivity contribution in [3.05, 3.63) is 21.7 Å². The summed E-state index contributed by atoms with van der Waals surface area (Å²) in [5, 5.41) is 10.0. The van der Waals surface area contributed by atoms with Gasteiger partial charge in [0.2, 0.25) is 0 Å². The van der Waals surface area contributed by atoms with Crippen molar-refractivity contribution in [2.45, 2.75) is 26.3 Å². The zero-order valence-corrected chi connectivity index (χ0v) is 11.0. The second-order valence-corrected chi connectivity index (χ2v) is 4.99. The number of halogens is 1. The van der Waals surface area contributed by atoms with E-state index in [1.54, 1.807) is 0 Å². The summed E-state index contributed by atoms with van der Waals surface area (Å²) in [4.78, 5) is 0. The van der Waals surface area contributed by atoms with Gasteiger partial charge < -0.3 is 15.6 Å². The summed E-state index contributed by atoms with van der Waals surface area (Å²) in [5.41, 5.74) is 6.89. The molecule has 0 atom stereocenters. The number of phenolic OH excluding ortho intramolecular Hbond substituents is 1. The lowest BCUT2D eigenvalue weighted by Gasteiger charge is -2.23. The van der Waals surface area contributed by atoms with Crippen molar-refractivity contribution in [1.29, 1.82) is 0 Å². The minimum absolute atomic E-state index is 0.116. The second kappa shape index (κ2) is 4.02. The van der Waals surface area contributed by atoms with E-state index in [4.69, 9.17) is 10.5 Å². The van der Waals surface area contributed by atoms with Gasteiger partial charge in [-0.1, -0.05) is 15.9 Å². The van der Waals surface area contributed by atoms with Gasteiger partial charge in [-0.3, -0.25) is 0 Å². The minimum atomic E-state index is -0.604. The first kappa shape index (κ1) is 12.3. The standard InChI is InChI=1S/C11H16BrNO2/c1-6-8(12)5-7(11(2,3)13)9(14)10(6)15-4/h5,14H,13H2,1-4H3. The maximum atomic E-state index is 10.0. The Balaban J connectivity index is 3.51. The molecular weight excluding hydrogens is 258 g/mol. The van der Waals surface area contributed by atoms with Gasteiger partial charge in [-0.05, 0) is 26.8 Å². The van der Waals surface area contributed by atoms with Gasteiger partial charge in [-0.15, -0.1) is 0 Å². The maximum Gasteiger partial charge on any atom is 0.164 e. The quantitative estimate of drug-likeness (QED) is 0.871. The van der Waals surface area contributed by atoms with Crippen molar-refractivity contribution < 1.29 is 9.84 Å². The fourth-order valence-corrected chi connectivity index (χ4v) is 1.86. The largest absolute Gasteiger partial charge is 0.504 e. The Labute approximate surface area is 98.4 Å². The van der Waals surface area contributed by atoms with Crippen LogP contribution in [0.1, 0.15) is 25.0 Å². The van der Waals surface area contributed by atoms with E-state index in [9.17, 15) is 5.11 Å². The van der Waals surface area contributed by atoms with E-state index in [0.29, 0.717) is 11.3 Å². The highest BCUT2D eigenvalue weighted by Crippen LogP contribution is 2.41. The van der Waals surface area contributed by atoms with Crippen LogP contribution in [-0.4, -0.2) is 12.2 Å². The number of aromatic hydroxyl groups is 1. The average Bonchev–Trinajstić information content (AvgIpc) is 2.10. The highest BCUT2D eigenvalue weighted by molar-refractivity contribution is 9.10. The Hall–Kier alpha value is -0.740. The molecule has 4 heteroatoms. The maximum absolute atomic E-state index is 10.0. The third kappa shape index (κ3) is 2.26. The molecule has 0 saturated heterocycles. The van der Waals surface area contributed by atoms with Gasteiger partial charge >= 0.3 is 0 Å². The van der Waals surface area contributed by atoms with E-state index in [0.717, 1.165) is 10.0 Å². The van der Waals surface area contributed by atoms with Crippen LogP contribution in [0, 0.1) is 6.92 Å². The first-order valence-corrected chi connectivity index (χ1v) is 5.43. The minimum Gasteiger partial charge on any atom is -0.504 e. The number of hydrogen-bond acceptors (Lipinski definition) is 3. The van der Waals surface area contributed by atoms with Gasteiger partial charge in [0, 0.05) is 21.1 Å². The van der Waals surface area contributed by atoms with Crippen molar-refractivity contribution in [3.8, 4) is 11.5 Å². The van der Waals surface area contributed by atoms with Crippen LogP contribution in [-0.2, 0) is 5.54 Å². The summed E-state index contributed by atoms with van der Waals surface area (Å²) in [7, 11) is 1.53. The molecule has 0 fully saturated rings. The summed E-state index contributed by atoms with van der Waals surface area (Å²) < 4.78 is 6.04. The third-order valence-electron chi connectivity index (χ3n) is 2.34. The van der Waals surface area contributed by atoms with E-state index in [-0.39, 0.29) is 5.75 Å². The fraction of sp³-hybridized carbons (Fsp3) is 0.455. The Bertz CT molecular complexity index is 383. The number of rotatable bonds is 2. The van der Waals surface area contributed by atoms with E-state index < -0.39 is 5.54 Å². The topological polar surface area (TPSA) is 55.5 Å². The molecule has 0 aliphatic rings. The van der Waals surface area contributed by atoms with Crippen LogP contribution < -0.4 is 10.5 Å². The smallest absolute Gasteiger partial charge is 0.164 e. The molecule has 0 unspecified atom stereocenters. The number of nitrogens with two attached hydrogens (primary N) is 1. The molecule has 0 radical (unpaired) electrons. The summed E-state index contributed by atoms with van der Waals surface area (Å²) in [6.45, 7) is 5.54. The lowest BCUT2D eigenvalue weighted by molar-refractivity contribution is 0.360. The molecule has 0 aliphatic heterocycles. The van der Waals surface area contributed by atoms with E-state index >= 15 is 0 Å². The van der Waals surface area contributed by atoms with E-state index in [2.05, 4.69) is 15.9 Å². The number of methoxy groups -OCH3 is 1. The van der Waals surface area contributed by atoms with E-state index in [1.807, 2.05) is 26.8 Å².